The number of carbonyl (C=O) groups excluding carboxylic acids is 1. The molecule has 0 aromatic heterocycles. The molecule has 0 spiro atoms. The summed E-state index contributed by atoms with van der Waals surface area (Å²) in [7, 11) is -3.14. The van der Waals surface area contributed by atoms with Gasteiger partial charge in [-0.15, -0.1) is 0 Å². The van der Waals surface area contributed by atoms with Crippen LogP contribution in [0.25, 0.3) is 0 Å². The fourth-order valence-corrected chi connectivity index (χ4v) is 2.62. The number of nitrogens with one attached hydrogen (secondary N) is 3. The largest absolute Gasteiger partial charge is 0.357 e. The number of sulfonamides is 1. The molecule has 0 radical (unpaired) electrons. The molecule has 1 aliphatic heterocycles. The van der Waals surface area contributed by atoms with Crippen molar-refractivity contribution in [3.05, 3.63) is 0 Å². The minimum atomic E-state index is -3.14. The summed E-state index contributed by atoms with van der Waals surface area (Å²) in [6, 6.07) is 0. The van der Waals surface area contributed by atoms with Crippen LogP contribution >= 0.6 is 0 Å². The van der Waals surface area contributed by atoms with E-state index in [1.165, 1.54) is 0 Å². The van der Waals surface area contributed by atoms with Crippen LogP contribution in [0, 0.1) is 0 Å². The highest BCUT2D eigenvalue weighted by molar-refractivity contribution is 7.88. The van der Waals surface area contributed by atoms with E-state index in [9.17, 15) is 13.2 Å². The van der Waals surface area contributed by atoms with Gasteiger partial charge in [0, 0.05) is 32.7 Å². The summed E-state index contributed by atoms with van der Waals surface area (Å²) in [5.41, 5.74) is 0. The van der Waals surface area contributed by atoms with E-state index in [1.54, 1.807) is 0 Å². The minimum absolute atomic E-state index is 0.0495. The number of rotatable bonds is 8. The van der Waals surface area contributed by atoms with E-state index >= 15 is 0 Å². The van der Waals surface area contributed by atoms with Gasteiger partial charge in [0.2, 0.25) is 15.9 Å². The fourth-order valence-electron chi connectivity index (χ4n) is 2.11. The SMILES string of the molecule is CCNC(=NCC(=O)N1CCCC1)NCCCNS(C)(=O)=O. The van der Waals surface area contributed by atoms with Gasteiger partial charge in [0.05, 0.1) is 6.26 Å². The van der Waals surface area contributed by atoms with E-state index in [0.717, 1.165) is 32.2 Å². The molecule has 1 saturated heterocycles. The van der Waals surface area contributed by atoms with E-state index in [2.05, 4.69) is 20.3 Å². The zero-order chi connectivity index (χ0) is 16.4. The minimum Gasteiger partial charge on any atom is -0.357 e. The number of likely N-dealkylation sites (tertiary alicyclic amines) is 1. The summed E-state index contributed by atoms with van der Waals surface area (Å²) in [5.74, 6) is 0.628. The molecule has 1 heterocycles. The van der Waals surface area contributed by atoms with Crippen molar-refractivity contribution in [2.24, 2.45) is 4.99 Å². The molecule has 0 unspecified atom stereocenters. The van der Waals surface area contributed by atoms with Gasteiger partial charge < -0.3 is 15.5 Å². The average Bonchev–Trinajstić information content (AvgIpc) is 2.96. The summed E-state index contributed by atoms with van der Waals surface area (Å²) < 4.78 is 24.3. The highest BCUT2D eigenvalue weighted by Crippen LogP contribution is 2.07. The summed E-state index contributed by atoms with van der Waals surface area (Å²) in [5, 5.41) is 6.15. The molecule has 0 aliphatic carbocycles. The molecule has 0 atom stereocenters. The molecule has 1 rings (SSSR count). The number of hydrogen-bond donors (Lipinski definition) is 3. The molecular formula is C13H27N5O3S. The van der Waals surface area contributed by atoms with Gasteiger partial charge in [-0.1, -0.05) is 0 Å². The standard InChI is InChI=1S/C13H27N5O3S/c1-3-14-13(15-7-6-8-17-22(2,20)21)16-11-12(19)18-9-4-5-10-18/h17H,3-11H2,1-2H3,(H2,14,15,16). The summed E-state index contributed by atoms with van der Waals surface area (Å²) in [6.07, 6.45) is 3.91. The predicted molar refractivity (Wildman–Crippen MR) is 87.3 cm³/mol. The van der Waals surface area contributed by atoms with Gasteiger partial charge in [-0.05, 0) is 26.2 Å². The Labute approximate surface area is 132 Å². The molecule has 1 amide bonds. The van der Waals surface area contributed by atoms with Crippen LogP contribution in [0.3, 0.4) is 0 Å². The first-order valence-electron chi connectivity index (χ1n) is 7.67. The van der Waals surface area contributed by atoms with Crippen molar-refractivity contribution < 1.29 is 13.2 Å². The number of amides is 1. The zero-order valence-electron chi connectivity index (χ0n) is 13.4. The summed E-state index contributed by atoms with van der Waals surface area (Å²) in [4.78, 5) is 18.0. The Morgan fingerprint density at radius 2 is 1.86 bits per heavy atom. The normalized spacial score (nSPS) is 15.9. The average molecular weight is 333 g/mol. The molecule has 9 heteroatoms. The van der Waals surface area contributed by atoms with Crippen molar-refractivity contribution >= 4 is 21.9 Å². The van der Waals surface area contributed by atoms with Crippen molar-refractivity contribution in [3.63, 3.8) is 0 Å². The van der Waals surface area contributed by atoms with Crippen LogP contribution in [0.4, 0.5) is 0 Å². The van der Waals surface area contributed by atoms with E-state index in [1.807, 2.05) is 11.8 Å². The molecule has 8 nitrogen and oxygen atoms in total. The molecule has 128 valence electrons. The second-order valence-corrected chi connectivity index (χ2v) is 7.06. The third-order valence-electron chi connectivity index (χ3n) is 3.19. The molecule has 1 aliphatic rings. The molecule has 0 aromatic rings. The molecule has 0 aromatic carbocycles. The number of hydrogen-bond acceptors (Lipinski definition) is 4. The Morgan fingerprint density at radius 1 is 1.18 bits per heavy atom. The summed E-state index contributed by atoms with van der Waals surface area (Å²) in [6.45, 7) is 5.39. The maximum atomic E-state index is 11.9. The lowest BCUT2D eigenvalue weighted by molar-refractivity contribution is -0.128. The monoisotopic (exact) mass is 333 g/mol. The Balaban J connectivity index is 2.30. The van der Waals surface area contributed by atoms with Crippen LogP contribution in [-0.2, 0) is 14.8 Å². The Hall–Kier alpha value is -1.35. The number of nitrogens with zero attached hydrogens (tertiary/aromatic N) is 2. The second kappa shape index (κ2) is 9.62. The van der Waals surface area contributed by atoms with Crippen molar-refractivity contribution in [2.75, 3.05) is 45.5 Å². The van der Waals surface area contributed by atoms with Crippen LogP contribution in [0.5, 0.6) is 0 Å². The van der Waals surface area contributed by atoms with Crippen molar-refractivity contribution in [1.29, 1.82) is 0 Å². The Morgan fingerprint density at radius 3 is 2.45 bits per heavy atom. The quantitative estimate of drug-likeness (QED) is 0.304. The van der Waals surface area contributed by atoms with E-state index in [4.69, 9.17) is 0 Å². The first-order chi connectivity index (χ1) is 10.4. The number of aliphatic imine (C=N–C) groups is 1. The lowest BCUT2D eigenvalue weighted by Gasteiger charge is -2.15. The van der Waals surface area contributed by atoms with E-state index in [0.29, 0.717) is 32.0 Å². The lowest BCUT2D eigenvalue weighted by Crippen LogP contribution is -2.40. The van der Waals surface area contributed by atoms with Crippen molar-refractivity contribution in [3.8, 4) is 0 Å². The lowest BCUT2D eigenvalue weighted by atomic mass is 10.4. The molecule has 0 saturated carbocycles. The number of guanidine groups is 1. The third-order valence-corrected chi connectivity index (χ3v) is 3.91. The first kappa shape index (κ1) is 18.7. The maximum Gasteiger partial charge on any atom is 0.244 e. The van der Waals surface area contributed by atoms with Crippen LogP contribution in [0.15, 0.2) is 4.99 Å². The highest BCUT2D eigenvalue weighted by atomic mass is 32.2. The molecule has 22 heavy (non-hydrogen) atoms. The first-order valence-corrected chi connectivity index (χ1v) is 9.56. The number of carbonyl (C=O) groups is 1. The Bertz CT molecular complexity index is 472. The van der Waals surface area contributed by atoms with Crippen molar-refractivity contribution in [1.82, 2.24) is 20.3 Å². The van der Waals surface area contributed by atoms with Crippen LogP contribution in [-0.4, -0.2) is 70.7 Å². The van der Waals surface area contributed by atoms with E-state index in [-0.39, 0.29) is 12.5 Å². The van der Waals surface area contributed by atoms with Crippen LogP contribution in [0.1, 0.15) is 26.2 Å². The predicted octanol–water partition coefficient (Wildman–Crippen LogP) is -0.897. The molecule has 3 N–H and O–H groups in total. The fraction of sp³-hybridized carbons (Fsp3) is 0.846. The zero-order valence-corrected chi connectivity index (χ0v) is 14.2. The van der Waals surface area contributed by atoms with Gasteiger partial charge in [0.15, 0.2) is 5.96 Å². The Kier molecular flexibility index (Phi) is 8.18. The maximum absolute atomic E-state index is 11.9. The van der Waals surface area contributed by atoms with Gasteiger partial charge in [-0.3, -0.25) is 4.79 Å². The topological polar surface area (TPSA) is 103 Å². The molecular weight excluding hydrogens is 306 g/mol. The van der Waals surface area contributed by atoms with Crippen LogP contribution in [0.2, 0.25) is 0 Å². The second-order valence-electron chi connectivity index (χ2n) is 5.23. The van der Waals surface area contributed by atoms with Gasteiger partial charge in [0.25, 0.3) is 0 Å². The third kappa shape index (κ3) is 8.18. The van der Waals surface area contributed by atoms with Gasteiger partial charge >= 0.3 is 0 Å². The van der Waals surface area contributed by atoms with Gasteiger partial charge in [0.1, 0.15) is 6.54 Å². The summed E-state index contributed by atoms with van der Waals surface area (Å²) >= 11 is 0. The molecule has 0 bridgehead atoms. The van der Waals surface area contributed by atoms with E-state index < -0.39 is 10.0 Å². The highest BCUT2D eigenvalue weighted by Gasteiger charge is 2.17. The molecule has 1 fully saturated rings. The van der Waals surface area contributed by atoms with Crippen LogP contribution < -0.4 is 15.4 Å². The van der Waals surface area contributed by atoms with Gasteiger partial charge in [-0.25, -0.2) is 18.1 Å². The van der Waals surface area contributed by atoms with Gasteiger partial charge in [-0.2, -0.15) is 0 Å². The van der Waals surface area contributed by atoms with Crippen molar-refractivity contribution in [2.45, 2.75) is 26.2 Å². The smallest absolute Gasteiger partial charge is 0.244 e.